The zero-order chi connectivity index (χ0) is 18.4. The Bertz CT molecular complexity index is 585. The number of nitrogens with zero attached hydrogens (tertiary/aromatic N) is 3. The quantitative estimate of drug-likeness (QED) is 0.566. The van der Waals surface area contributed by atoms with Gasteiger partial charge in [0.1, 0.15) is 0 Å². The third-order valence-electron chi connectivity index (χ3n) is 5.73. The molecule has 0 radical (unpaired) electrons. The third kappa shape index (κ3) is 4.99. The van der Waals surface area contributed by atoms with Crippen LogP contribution in [-0.2, 0) is 13.0 Å². The van der Waals surface area contributed by atoms with Gasteiger partial charge >= 0.3 is 0 Å². The van der Waals surface area contributed by atoms with Crippen LogP contribution in [0.5, 0.6) is 0 Å². The molecule has 0 aromatic carbocycles. The van der Waals surface area contributed by atoms with Crippen molar-refractivity contribution in [1.82, 2.24) is 20.4 Å². The summed E-state index contributed by atoms with van der Waals surface area (Å²) in [5.41, 5.74) is 1.52. The summed E-state index contributed by atoms with van der Waals surface area (Å²) in [6.07, 6.45) is 3.81. The number of guanidine groups is 1. The van der Waals surface area contributed by atoms with E-state index in [0.29, 0.717) is 12.1 Å². The van der Waals surface area contributed by atoms with E-state index in [-0.39, 0.29) is 0 Å². The molecule has 5 nitrogen and oxygen atoms in total. The van der Waals surface area contributed by atoms with Crippen molar-refractivity contribution >= 4 is 17.3 Å². The molecule has 0 aliphatic carbocycles. The first-order chi connectivity index (χ1) is 12.7. The van der Waals surface area contributed by atoms with Crippen molar-refractivity contribution in [3.05, 3.63) is 21.9 Å². The summed E-state index contributed by atoms with van der Waals surface area (Å²) in [7, 11) is 0. The summed E-state index contributed by atoms with van der Waals surface area (Å²) < 4.78 is 0. The van der Waals surface area contributed by atoms with Crippen molar-refractivity contribution in [2.75, 3.05) is 39.3 Å². The fourth-order valence-corrected chi connectivity index (χ4v) is 4.97. The maximum absolute atomic E-state index is 4.88. The monoisotopic (exact) mass is 377 g/mol. The molecule has 2 aliphatic heterocycles. The molecule has 0 saturated carbocycles. The Morgan fingerprint density at radius 3 is 3.04 bits per heavy atom. The molecule has 0 amide bonds. The van der Waals surface area contributed by atoms with Gasteiger partial charge < -0.3 is 10.6 Å². The second kappa shape index (κ2) is 9.72. The number of hydrogen-bond donors (Lipinski definition) is 2. The molecule has 1 saturated heterocycles. The standard InChI is InChI=1S/C20H35N5S/c1-4-21-20(23-14-18-7-6-10-24(18)5-2)22-13-16(3)25-11-8-19-17(15-25)9-12-26-19/h9,12,16,18H,4-8,10-11,13-15H2,1-3H3,(H2,21,22,23). The first-order valence-corrected chi connectivity index (χ1v) is 11.1. The predicted molar refractivity (Wildman–Crippen MR) is 112 cm³/mol. The van der Waals surface area contributed by atoms with Crippen molar-refractivity contribution in [2.24, 2.45) is 4.99 Å². The molecule has 1 aromatic rings. The molecule has 6 heteroatoms. The van der Waals surface area contributed by atoms with Crippen LogP contribution in [0.4, 0.5) is 0 Å². The number of likely N-dealkylation sites (N-methyl/N-ethyl adjacent to an activating group) is 1. The summed E-state index contributed by atoms with van der Waals surface area (Å²) in [5.74, 6) is 0.968. The van der Waals surface area contributed by atoms with E-state index in [9.17, 15) is 0 Å². The molecule has 3 rings (SSSR count). The fourth-order valence-electron chi connectivity index (χ4n) is 4.08. The van der Waals surface area contributed by atoms with E-state index in [2.05, 4.69) is 52.7 Å². The highest BCUT2D eigenvalue weighted by atomic mass is 32.1. The highest BCUT2D eigenvalue weighted by Crippen LogP contribution is 2.25. The summed E-state index contributed by atoms with van der Waals surface area (Å²) in [4.78, 5) is 11.6. The maximum atomic E-state index is 4.88. The molecule has 2 unspecified atom stereocenters. The Morgan fingerprint density at radius 2 is 2.23 bits per heavy atom. The van der Waals surface area contributed by atoms with E-state index in [1.807, 2.05) is 11.3 Å². The number of nitrogens with one attached hydrogen (secondary N) is 2. The van der Waals surface area contributed by atoms with Gasteiger partial charge in [0.05, 0.1) is 6.54 Å². The van der Waals surface area contributed by atoms with Crippen LogP contribution in [0.2, 0.25) is 0 Å². The summed E-state index contributed by atoms with van der Waals surface area (Å²) in [5, 5.41) is 9.22. The van der Waals surface area contributed by atoms with Crippen molar-refractivity contribution in [3.8, 4) is 0 Å². The zero-order valence-corrected chi connectivity index (χ0v) is 17.4. The van der Waals surface area contributed by atoms with Gasteiger partial charge in [0.2, 0.25) is 0 Å². The summed E-state index contributed by atoms with van der Waals surface area (Å²) >= 11 is 1.91. The number of likely N-dealkylation sites (tertiary alicyclic amines) is 1. The van der Waals surface area contributed by atoms with Crippen LogP contribution in [0.3, 0.4) is 0 Å². The van der Waals surface area contributed by atoms with E-state index < -0.39 is 0 Å². The van der Waals surface area contributed by atoms with E-state index in [1.165, 1.54) is 31.4 Å². The van der Waals surface area contributed by atoms with Crippen molar-refractivity contribution in [1.29, 1.82) is 0 Å². The van der Waals surface area contributed by atoms with E-state index in [1.54, 1.807) is 4.88 Å². The second-order valence-electron chi connectivity index (χ2n) is 7.46. The van der Waals surface area contributed by atoms with Crippen molar-refractivity contribution in [3.63, 3.8) is 0 Å². The van der Waals surface area contributed by atoms with Crippen LogP contribution < -0.4 is 10.6 Å². The Morgan fingerprint density at radius 1 is 1.35 bits per heavy atom. The Kier molecular flexibility index (Phi) is 7.34. The SMILES string of the molecule is CCNC(=NCC(C)N1CCc2sccc2C1)NCC1CCCN1CC. The van der Waals surface area contributed by atoms with Gasteiger partial charge in [-0.05, 0) is 63.2 Å². The number of hydrogen-bond acceptors (Lipinski definition) is 4. The molecule has 1 aromatic heterocycles. The molecular weight excluding hydrogens is 342 g/mol. The van der Waals surface area contributed by atoms with Crippen LogP contribution in [-0.4, -0.2) is 67.1 Å². The minimum Gasteiger partial charge on any atom is -0.357 e. The van der Waals surface area contributed by atoms with Gasteiger partial charge in [-0.3, -0.25) is 14.8 Å². The highest BCUT2D eigenvalue weighted by molar-refractivity contribution is 7.10. The van der Waals surface area contributed by atoms with Gasteiger partial charge in [-0.1, -0.05) is 6.92 Å². The topological polar surface area (TPSA) is 42.9 Å². The van der Waals surface area contributed by atoms with Gasteiger partial charge in [0.15, 0.2) is 5.96 Å². The Labute approximate surface area is 162 Å². The molecule has 26 heavy (non-hydrogen) atoms. The van der Waals surface area contributed by atoms with Crippen molar-refractivity contribution in [2.45, 2.75) is 58.7 Å². The number of fused-ring (bicyclic) bond motifs is 1. The van der Waals surface area contributed by atoms with E-state index in [4.69, 9.17) is 4.99 Å². The largest absolute Gasteiger partial charge is 0.357 e. The second-order valence-corrected chi connectivity index (χ2v) is 8.46. The lowest BCUT2D eigenvalue weighted by Crippen LogP contribution is -2.45. The maximum Gasteiger partial charge on any atom is 0.191 e. The molecule has 3 heterocycles. The molecule has 146 valence electrons. The first kappa shape index (κ1) is 19.6. The summed E-state index contributed by atoms with van der Waals surface area (Å²) in [6.45, 7) is 14.1. The van der Waals surface area contributed by atoms with Gasteiger partial charge in [0.25, 0.3) is 0 Å². The average Bonchev–Trinajstić information content (AvgIpc) is 3.31. The lowest BCUT2D eigenvalue weighted by molar-refractivity contribution is 0.197. The Balaban J connectivity index is 1.50. The van der Waals surface area contributed by atoms with Crippen LogP contribution in [0.1, 0.15) is 44.1 Å². The molecule has 1 fully saturated rings. The van der Waals surface area contributed by atoms with Crippen LogP contribution in [0.15, 0.2) is 16.4 Å². The molecular formula is C20H35N5S. The first-order valence-electron chi connectivity index (χ1n) is 10.3. The van der Waals surface area contributed by atoms with Crippen LogP contribution in [0, 0.1) is 0 Å². The minimum absolute atomic E-state index is 0.470. The van der Waals surface area contributed by atoms with Gasteiger partial charge in [-0.25, -0.2) is 0 Å². The van der Waals surface area contributed by atoms with E-state index in [0.717, 1.165) is 45.2 Å². The normalized spacial score (nSPS) is 23.0. The van der Waals surface area contributed by atoms with Gasteiger partial charge in [0, 0.05) is 43.1 Å². The molecule has 2 atom stereocenters. The van der Waals surface area contributed by atoms with Crippen LogP contribution >= 0.6 is 11.3 Å². The van der Waals surface area contributed by atoms with Gasteiger partial charge in [-0.15, -0.1) is 11.3 Å². The molecule has 0 spiro atoms. The third-order valence-corrected chi connectivity index (χ3v) is 6.75. The lowest BCUT2D eigenvalue weighted by atomic mass is 10.1. The average molecular weight is 378 g/mol. The number of aliphatic imine (C=N–C) groups is 1. The lowest BCUT2D eigenvalue weighted by Gasteiger charge is -2.31. The van der Waals surface area contributed by atoms with Crippen LogP contribution in [0.25, 0.3) is 0 Å². The molecule has 2 N–H and O–H groups in total. The Hall–Kier alpha value is -1.11. The smallest absolute Gasteiger partial charge is 0.191 e. The zero-order valence-electron chi connectivity index (χ0n) is 16.6. The van der Waals surface area contributed by atoms with Gasteiger partial charge in [-0.2, -0.15) is 0 Å². The fraction of sp³-hybridized carbons (Fsp3) is 0.750. The highest BCUT2D eigenvalue weighted by Gasteiger charge is 2.23. The summed E-state index contributed by atoms with van der Waals surface area (Å²) in [6, 6.07) is 3.41. The minimum atomic E-state index is 0.470. The number of thiophene rings is 1. The predicted octanol–water partition coefficient (Wildman–Crippen LogP) is 2.53. The molecule has 2 aliphatic rings. The molecule has 0 bridgehead atoms. The van der Waals surface area contributed by atoms with E-state index >= 15 is 0 Å². The van der Waals surface area contributed by atoms with Crippen molar-refractivity contribution < 1.29 is 0 Å². The number of rotatable bonds is 7.